The van der Waals surface area contributed by atoms with E-state index in [1.54, 1.807) is 17.4 Å². The number of aliphatic imine (C=N–C) groups is 1. The maximum absolute atomic E-state index is 12.5. The molecule has 0 saturated heterocycles. The standard InChI is InChI=1S/C17H26N4O2S3.HI/c1-3-21(4-2)26(22,23)16-8-7-15(25-16)10-12-20-17(18)19-11-9-14-6-5-13-24-14;/h5-8,13H,3-4,9-12H2,1-2H3,(H3,18,19,20);1H. The van der Waals surface area contributed by atoms with Crippen LogP contribution >= 0.6 is 46.7 Å². The number of guanidine groups is 1. The second-order valence-corrected chi connectivity index (χ2v) is 9.95. The largest absolute Gasteiger partial charge is 0.370 e. The molecule has 0 amide bonds. The van der Waals surface area contributed by atoms with Gasteiger partial charge in [0.05, 0.1) is 0 Å². The molecule has 0 aliphatic carbocycles. The van der Waals surface area contributed by atoms with Crippen LogP contribution in [-0.2, 0) is 22.9 Å². The molecular weight excluding hydrogens is 515 g/mol. The summed E-state index contributed by atoms with van der Waals surface area (Å²) in [6, 6.07) is 7.67. The van der Waals surface area contributed by atoms with E-state index >= 15 is 0 Å². The maximum Gasteiger partial charge on any atom is 0.252 e. The van der Waals surface area contributed by atoms with Crippen LogP contribution in [0, 0.1) is 0 Å². The van der Waals surface area contributed by atoms with E-state index in [2.05, 4.69) is 21.8 Å². The number of hydrogen-bond donors (Lipinski definition) is 2. The molecule has 0 aromatic carbocycles. The fourth-order valence-corrected chi connectivity index (χ4v) is 6.10. The zero-order chi connectivity index (χ0) is 19.0. The molecule has 0 spiro atoms. The van der Waals surface area contributed by atoms with Crippen LogP contribution in [0.4, 0.5) is 0 Å². The molecule has 0 aliphatic rings. The van der Waals surface area contributed by atoms with Crippen molar-refractivity contribution in [1.29, 1.82) is 0 Å². The van der Waals surface area contributed by atoms with Gasteiger partial charge in [0, 0.05) is 42.4 Å². The maximum atomic E-state index is 12.5. The Bertz CT molecular complexity index is 800. The summed E-state index contributed by atoms with van der Waals surface area (Å²) in [5.41, 5.74) is 5.87. The van der Waals surface area contributed by atoms with Gasteiger partial charge in [-0.2, -0.15) is 4.31 Å². The van der Waals surface area contributed by atoms with Gasteiger partial charge in [-0.25, -0.2) is 8.42 Å². The Balaban J connectivity index is 0.00000364. The highest BCUT2D eigenvalue weighted by Crippen LogP contribution is 2.25. The van der Waals surface area contributed by atoms with Crippen LogP contribution < -0.4 is 11.1 Å². The summed E-state index contributed by atoms with van der Waals surface area (Å²) in [6.45, 7) is 5.93. The molecule has 2 rings (SSSR count). The Hall–Kier alpha value is -0.690. The molecule has 3 N–H and O–H groups in total. The van der Waals surface area contributed by atoms with Gasteiger partial charge in [-0.3, -0.25) is 4.99 Å². The third-order valence-electron chi connectivity index (χ3n) is 3.83. The summed E-state index contributed by atoms with van der Waals surface area (Å²) >= 11 is 3.04. The van der Waals surface area contributed by atoms with E-state index in [1.165, 1.54) is 20.5 Å². The van der Waals surface area contributed by atoms with E-state index < -0.39 is 10.0 Å². The summed E-state index contributed by atoms with van der Waals surface area (Å²) in [6.07, 6.45) is 1.59. The fraction of sp³-hybridized carbons (Fsp3) is 0.471. The molecule has 2 aromatic heterocycles. The Morgan fingerprint density at radius 2 is 1.93 bits per heavy atom. The normalized spacial score (nSPS) is 12.2. The minimum Gasteiger partial charge on any atom is -0.370 e. The number of hydrogen-bond acceptors (Lipinski definition) is 5. The van der Waals surface area contributed by atoms with E-state index in [1.807, 2.05) is 26.0 Å². The molecule has 27 heavy (non-hydrogen) atoms. The summed E-state index contributed by atoms with van der Waals surface area (Å²) in [4.78, 5) is 6.61. The minimum absolute atomic E-state index is 0. The molecule has 10 heteroatoms. The summed E-state index contributed by atoms with van der Waals surface area (Å²) in [5, 5.41) is 5.13. The lowest BCUT2D eigenvalue weighted by atomic mass is 10.3. The van der Waals surface area contributed by atoms with Crippen molar-refractivity contribution >= 4 is 62.6 Å². The first-order valence-electron chi connectivity index (χ1n) is 8.62. The monoisotopic (exact) mass is 542 g/mol. The minimum atomic E-state index is -3.37. The number of thiophene rings is 2. The predicted molar refractivity (Wildman–Crippen MR) is 126 cm³/mol. The van der Waals surface area contributed by atoms with Crippen LogP contribution in [0.25, 0.3) is 0 Å². The predicted octanol–water partition coefficient (Wildman–Crippen LogP) is 3.15. The number of nitrogens with zero attached hydrogens (tertiary/aromatic N) is 2. The number of rotatable bonds is 10. The highest BCUT2D eigenvalue weighted by molar-refractivity contribution is 14.0. The lowest BCUT2D eigenvalue weighted by Crippen LogP contribution is -2.33. The van der Waals surface area contributed by atoms with Crippen molar-refractivity contribution in [3.63, 3.8) is 0 Å². The molecule has 0 aliphatic heterocycles. The van der Waals surface area contributed by atoms with Crippen molar-refractivity contribution < 1.29 is 8.42 Å². The molecule has 0 unspecified atom stereocenters. The SMILES string of the molecule is CCN(CC)S(=O)(=O)c1ccc(CCNC(N)=NCCc2cccs2)s1.I. The van der Waals surface area contributed by atoms with Gasteiger partial charge >= 0.3 is 0 Å². The summed E-state index contributed by atoms with van der Waals surface area (Å²) in [5.74, 6) is 0.425. The topological polar surface area (TPSA) is 87.8 Å². The number of nitrogens with one attached hydrogen (secondary N) is 1. The molecule has 6 nitrogen and oxygen atoms in total. The van der Waals surface area contributed by atoms with Gasteiger partial charge in [0.1, 0.15) is 4.21 Å². The quantitative estimate of drug-likeness (QED) is 0.274. The Morgan fingerprint density at radius 1 is 1.19 bits per heavy atom. The number of halogens is 1. The first-order valence-corrected chi connectivity index (χ1v) is 11.8. The van der Waals surface area contributed by atoms with Crippen LogP contribution in [0.1, 0.15) is 23.6 Å². The van der Waals surface area contributed by atoms with E-state index in [0.29, 0.717) is 42.8 Å². The second kappa shape index (κ2) is 12.0. The first-order chi connectivity index (χ1) is 12.5. The molecule has 2 heterocycles. The summed E-state index contributed by atoms with van der Waals surface area (Å²) < 4.78 is 26.8. The van der Waals surface area contributed by atoms with Crippen molar-refractivity contribution in [2.45, 2.75) is 30.9 Å². The second-order valence-electron chi connectivity index (χ2n) is 5.58. The van der Waals surface area contributed by atoms with Crippen LogP contribution in [0.2, 0.25) is 0 Å². The fourth-order valence-electron chi connectivity index (χ4n) is 2.43. The van der Waals surface area contributed by atoms with Crippen LogP contribution in [-0.4, -0.2) is 44.9 Å². The smallest absolute Gasteiger partial charge is 0.252 e. The van der Waals surface area contributed by atoms with Gasteiger partial charge in [0.25, 0.3) is 10.0 Å². The highest BCUT2D eigenvalue weighted by atomic mass is 127. The zero-order valence-electron chi connectivity index (χ0n) is 15.6. The van der Waals surface area contributed by atoms with Crippen molar-refractivity contribution in [3.8, 4) is 0 Å². The molecule has 0 radical (unpaired) electrons. The van der Waals surface area contributed by atoms with Crippen molar-refractivity contribution in [2.24, 2.45) is 10.7 Å². The van der Waals surface area contributed by atoms with Crippen molar-refractivity contribution in [1.82, 2.24) is 9.62 Å². The van der Waals surface area contributed by atoms with Crippen molar-refractivity contribution in [2.75, 3.05) is 26.2 Å². The van der Waals surface area contributed by atoms with E-state index in [9.17, 15) is 8.42 Å². The average molecular weight is 543 g/mol. The first kappa shape index (κ1) is 24.3. The van der Waals surface area contributed by atoms with Gasteiger partial charge in [-0.15, -0.1) is 46.7 Å². The molecule has 0 bridgehead atoms. The molecule has 2 aromatic rings. The lowest BCUT2D eigenvalue weighted by molar-refractivity contribution is 0.447. The number of sulfonamides is 1. The van der Waals surface area contributed by atoms with Gasteiger partial charge in [-0.05, 0) is 30.0 Å². The Kier molecular flexibility index (Phi) is 10.8. The lowest BCUT2D eigenvalue weighted by Gasteiger charge is -2.16. The molecule has 152 valence electrons. The molecule has 0 saturated carbocycles. The highest BCUT2D eigenvalue weighted by Gasteiger charge is 2.23. The van der Waals surface area contributed by atoms with Crippen LogP contribution in [0.5, 0.6) is 0 Å². The van der Waals surface area contributed by atoms with E-state index in [-0.39, 0.29) is 24.0 Å². The third kappa shape index (κ3) is 7.33. The van der Waals surface area contributed by atoms with Crippen LogP contribution in [0.3, 0.4) is 0 Å². The molecule has 0 atom stereocenters. The third-order valence-corrected chi connectivity index (χ3v) is 8.43. The van der Waals surface area contributed by atoms with Gasteiger partial charge in [-0.1, -0.05) is 19.9 Å². The zero-order valence-corrected chi connectivity index (χ0v) is 20.3. The summed E-state index contributed by atoms with van der Waals surface area (Å²) in [7, 11) is -3.37. The van der Waals surface area contributed by atoms with E-state index in [4.69, 9.17) is 5.73 Å². The average Bonchev–Trinajstić information content (AvgIpc) is 3.28. The number of nitrogens with two attached hydrogens (primary N) is 1. The van der Waals surface area contributed by atoms with Gasteiger partial charge in [0.2, 0.25) is 0 Å². The molecular formula is C17H27IN4O2S3. The Morgan fingerprint density at radius 3 is 2.56 bits per heavy atom. The molecule has 0 fully saturated rings. The van der Waals surface area contributed by atoms with Gasteiger partial charge in [0.15, 0.2) is 5.96 Å². The van der Waals surface area contributed by atoms with Gasteiger partial charge < -0.3 is 11.1 Å². The van der Waals surface area contributed by atoms with Crippen molar-refractivity contribution in [3.05, 3.63) is 39.4 Å². The Labute approximate surface area is 187 Å². The van der Waals surface area contributed by atoms with E-state index in [0.717, 1.165) is 11.3 Å². The van der Waals surface area contributed by atoms with Crippen LogP contribution in [0.15, 0.2) is 38.8 Å².